The van der Waals surface area contributed by atoms with Gasteiger partial charge in [0, 0.05) is 0 Å². The molecule has 3 nitrogen and oxygen atoms in total. The van der Waals surface area contributed by atoms with Crippen LogP contribution in [-0.2, 0) is 13.6 Å². The zero-order chi connectivity index (χ0) is 14.4. The van der Waals surface area contributed by atoms with Crippen LogP contribution in [0.3, 0.4) is 0 Å². The monoisotopic (exact) mass is 290 g/mol. The highest BCUT2D eigenvalue weighted by Crippen LogP contribution is 2.37. The minimum Gasteiger partial charge on any atom is -0.303 e. The summed E-state index contributed by atoms with van der Waals surface area (Å²) in [5.41, 5.74) is 1.98. The molecule has 0 heterocycles. The summed E-state index contributed by atoms with van der Waals surface area (Å²) >= 11 is 0. The molecular weight excluding hydrogens is 271 g/mol. The first-order valence-corrected chi connectivity index (χ1v) is 7.86. The van der Waals surface area contributed by atoms with Crippen molar-refractivity contribution in [3.05, 3.63) is 71.8 Å². The third-order valence-electron chi connectivity index (χ3n) is 3.08. The molecule has 0 N–H and O–H groups in total. The molecule has 20 heavy (non-hydrogen) atoms. The number of hydrogen-bond donors (Lipinski definition) is 0. The predicted molar refractivity (Wildman–Crippen MR) is 80.9 cm³/mol. The number of benzene rings is 2. The summed E-state index contributed by atoms with van der Waals surface area (Å²) in [7, 11) is -2.53. The molecule has 106 valence electrons. The second kappa shape index (κ2) is 7.39. The van der Waals surface area contributed by atoms with Gasteiger partial charge in [-0.1, -0.05) is 60.7 Å². The number of rotatable bonds is 6. The fraction of sp³-hybridized carbons (Fsp3) is 0.250. The summed E-state index contributed by atoms with van der Waals surface area (Å²) in [6.45, 7) is 3.74. The van der Waals surface area contributed by atoms with Crippen molar-refractivity contribution in [2.24, 2.45) is 0 Å². The molecule has 2 rings (SSSR count). The highest BCUT2D eigenvalue weighted by molar-refractivity contribution is 7.33. The lowest BCUT2D eigenvalue weighted by Crippen LogP contribution is -1.98. The van der Waals surface area contributed by atoms with Gasteiger partial charge in [-0.15, -0.1) is 0 Å². The van der Waals surface area contributed by atoms with Crippen LogP contribution >= 0.6 is 8.25 Å². The van der Waals surface area contributed by atoms with Gasteiger partial charge in [0.1, 0.15) is 0 Å². The van der Waals surface area contributed by atoms with Crippen molar-refractivity contribution in [3.8, 4) is 0 Å². The molecule has 0 bridgehead atoms. The van der Waals surface area contributed by atoms with E-state index in [4.69, 9.17) is 9.05 Å². The van der Waals surface area contributed by atoms with Gasteiger partial charge in [0.05, 0.1) is 12.2 Å². The Morgan fingerprint density at radius 1 is 0.750 bits per heavy atom. The summed E-state index contributed by atoms with van der Waals surface area (Å²) in [5.74, 6) is 0. The van der Waals surface area contributed by atoms with Crippen LogP contribution in [0.2, 0.25) is 0 Å². The molecule has 0 amide bonds. The van der Waals surface area contributed by atoms with Crippen molar-refractivity contribution in [1.82, 2.24) is 0 Å². The Labute approximate surface area is 120 Å². The van der Waals surface area contributed by atoms with Gasteiger partial charge in [0.15, 0.2) is 0 Å². The van der Waals surface area contributed by atoms with Crippen LogP contribution in [0.5, 0.6) is 0 Å². The van der Waals surface area contributed by atoms with Crippen molar-refractivity contribution in [1.29, 1.82) is 0 Å². The van der Waals surface area contributed by atoms with Crippen LogP contribution in [0.25, 0.3) is 0 Å². The van der Waals surface area contributed by atoms with E-state index in [1.807, 2.05) is 74.5 Å². The number of hydrogen-bond acceptors (Lipinski definition) is 3. The van der Waals surface area contributed by atoms with Gasteiger partial charge in [-0.2, -0.15) is 0 Å². The largest absolute Gasteiger partial charge is 0.320 e. The van der Waals surface area contributed by atoms with E-state index in [1.54, 1.807) is 0 Å². The van der Waals surface area contributed by atoms with Crippen molar-refractivity contribution >= 4 is 8.25 Å². The Morgan fingerprint density at radius 2 is 1.10 bits per heavy atom. The molecule has 2 atom stereocenters. The summed E-state index contributed by atoms with van der Waals surface area (Å²) in [6, 6.07) is 19.4. The average molecular weight is 290 g/mol. The molecule has 0 fully saturated rings. The molecule has 0 saturated heterocycles. The van der Waals surface area contributed by atoms with E-state index >= 15 is 0 Å². The maximum absolute atomic E-state index is 12.0. The van der Waals surface area contributed by atoms with Crippen molar-refractivity contribution < 1.29 is 13.6 Å². The molecule has 2 aromatic rings. The Morgan fingerprint density at radius 3 is 1.45 bits per heavy atom. The van der Waals surface area contributed by atoms with Crippen molar-refractivity contribution in [2.75, 3.05) is 0 Å². The molecule has 0 aromatic heterocycles. The lowest BCUT2D eigenvalue weighted by molar-refractivity contribution is 0.146. The van der Waals surface area contributed by atoms with E-state index in [2.05, 4.69) is 0 Å². The lowest BCUT2D eigenvalue weighted by Gasteiger charge is -2.16. The smallest absolute Gasteiger partial charge is 0.303 e. The summed E-state index contributed by atoms with van der Waals surface area (Å²) in [4.78, 5) is 0. The minimum absolute atomic E-state index is 0.245. The molecular formula is C16H19O3P. The predicted octanol–water partition coefficient (Wildman–Crippen LogP) is 4.93. The van der Waals surface area contributed by atoms with Gasteiger partial charge in [-0.25, -0.2) is 0 Å². The van der Waals surface area contributed by atoms with Crippen LogP contribution in [0, 0.1) is 0 Å². The Balaban J connectivity index is 1.90. The maximum atomic E-state index is 12.0. The minimum atomic E-state index is -2.53. The SMILES string of the molecule is C[C@H](O[PH](=O)O[C@@H](C)c1ccccc1)c1ccccc1. The molecule has 0 spiro atoms. The van der Waals surface area contributed by atoms with E-state index in [0.717, 1.165) is 11.1 Å². The molecule has 0 unspecified atom stereocenters. The van der Waals surface area contributed by atoms with Crippen LogP contribution in [-0.4, -0.2) is 0 Å². The summed E-state index contributed by atoms with van der Waals surface area (Å²) in [6.07, 6.45) is -0.490. The first kappa shape index (κ1) is 15.0. The molecule has 0 saturated carbocycles. The zero-order valence-electron chi connectivity index (χ0n) is 11.7. The van der Waals surface area contributed by atoms with Gasteiger partial charge in [-0.05, 0) is 25.0 Å². The second-order valence-corrected chi connectivity index (χ2v) is 5.56. The molecule has 0 aliphatic heterocycles. The van der Waals surface area contributed by atoms with Crippen molar-refractivity contribution in [2.45, 2.75) is 26.1 Å². The maximum Gasteiger partial charge on any atom is 0.320 e. The van der Waals surface area contributed by atoms with E-state index in [-0.39, 0.29) is 12.2 Å². The van der Waals surface area contributed by atoms with Crippen LogP contribution in [0.1, 0.15) is 37.2 Å². The van der Waals surface area contributed by atoms with E-state index < -0.39 is 8.25 Å². The first-order valence-electron chi connectivity index (χ1n) is 6.64. The second-order valence-electron chi connectivity index (χ2n) is 4.59. The topological polar surface area (TPSA) is 35.5 Å². The van der Waals surface area contributed by atoms with Gasteiger partial charge in [-0.3, -0.25) is 4.57 Å². The van der Waals surface area contributed by atoms with E-state index in [1.165, 1.54) is 0 Å². The molecule has 0 aliphatic rings. The molecule has 0 radical (unpaired) electrons. The third kappa shape index (κ3) is 4.31. The summed E-state index contributed by atoms with van der Waals surface area (Å²) in [5, 5.41) is 0. The van der Waals surface area contributed by atoms with Crippen LogP contribution < -0.4 is 0 Å². The molecule has 4 heteroatoms. The van der Waals surface area contributed by atoms with Crippen LogP contribution in [0.4, 0.5) is 0 Å². The highest BCUT2D eigenvalue weighted by Gasteiger charge is 2.14. The lowest BCUT2D eigenvalue weighted by atomic mass is 10.1. The normalized spacial score (nSPS) is 14.2. The van der Waals surface area contributed by atoms with Gasteiger partial charge < -0.3 is 9.05 Å². The zero-order valence-corrected chi connectivity index (χ0v) is 12.7. The Hall–Kier alpha value is -1.41. The molecule has 2 aromatic carbocycles. The summed E-state index contributed by atoms with van der Waals surface area (Å²) < 4.78 is 22.9. The van der Waals surface area contributed by atoms with Crippen LogP contribution in [0.15, 0.2) is 60.7 Å². The van der Waals surface area contributed by atoms with E-state index in [0.29, 0.717) is 0 Å². The van der Waals surface area contributed by atoms with Gasteiger partial charge >= 0.3 is 8.25 Å². The average Bonchev–Trinajstić information content (AvgIpc) is 2.49. The quantitative estimate of drug-likeness (QED) is 0.707. The van der Waals surface area contributed by atoms with Gasteiger partial charge in [0.2, 0.25) is 0 Å². The third-order valence-corrected chi connectivity index (χ3v) is 4.18. The molecule has 0 aliphatic carbocycles. The fourth-order valence-corrected chi connectivity index (χ4v) is 2.81. The standard InChI is InChI=1S/C16H19O3P/c1-13(15-9-5-3-6-10-15)18-20(17)19-14(2)16-11-7-4-8-12-16/h3-14,20H,1-2H3/t13-,14-/m0/s1. The van der Waals surface area contributed by atoms with Gasteiger partial charge in [0.25, 0.3) is 0 Å². The van der Waals surface area contributed by atoms with Crippen molar-refractivity contribution in [3.63, 3.8) is 0 Å². The first-order chi connectivity index (χ1) is 9.66. The van der Waals surface area contributed by atoms with E-state index in [9.17, 15) is 4.57 Å². The Kier molecular flexibility index (Phi) is 5.54. The highest BCUT2D eigenvalue weighted by atomic mass is 31.1. The fourth-order valence-electron chi connectivity index (χ4n) is 1.90. The Bertz CT molecular complexity index is 493.